The Morgan fingerprint density at radius 3 is 2.73 bits per heavy atom. The summed E-state index contributed by atoms with van der Waals surface area (Å²) in [5.41, 5.74) is 1.73. The number of ether oxygens (including phenoxy) is 1. The fraction of sp³-hybridized carbons (Fsp3) is 0.562. The summed E-state index contributed by atoms with van der Waals surface area (Å²) in [5, 5.41) is 4.29. The molecule has 0 bridgehead atoms. The van der Waals surface area contributed by atoms with Crippen molar-refractivity contribution in [1.82, 2.24) is 20.2 Å². The fourth-order valence-corrected chi connectivity index (χ4v) is 6.14. The molecule has 2 aliphatic rings. The van der Waals surface area contributed by atoms with Gasteiger partial charge in [-0.2, -0.15) is 0 Å². The topological polar surface area (TPSA) is 97.6 Å². The minimum atomic E-state index is -0.323. The van der Waals surface area contributed by atoms with Crippen LogP contribution < -0.4 is 10.1 Å². The molecule has 2 fully saturated rings. The Labute approximate surface area is 236 Å². The number of carbonyl (C=O) groups excluding carboxylic acids is 2. The average Bonchev–Trinajstić information content (AvgIpc) is 3.46. The molecule has 1 amide bonds. The molecule has 2 aromatic heterocycles. The molecule has 214 valence electrons. The van der Waals surface area contributed by atoms with E-state index in [0.717, 1.165) is 74.6 Å². The van der Waals surface area contributed by atoms with Crippen molar-refractivity contribution < 1.29 is 18.7 Å². The van der Waals surface area contributed by atoms with Gasteiger partial charge in [0, 0.05) is 24.1 Å². The van der Waals surface area contributed by atoms with Gasteiger partial charge < -0.3 is 19.4 Å². The number of oxazole rings is 1. The van der Waals surface area contributed by atoms with E-state index in [0.29, 0.717) is 42.6 Å². The molecule has 5 rings (SSSR count). The second-order valence-corrected chi connectivity index (χ2v) is 11.4. The van der Waals surface area contributed by atoms with Crippen molar-refractivity contribution in [3.63, 3.8) is 0 Å². The van der Waals surface area contributed by atoms with Crippen LogP contribution in [0.15, 0.2) is 40.9 Å². The minimum absolute atomic E-state index is 0.0652. The summed E-state index contributed by atoms with van der Waals surface area (Å²) < 4.78 is 11.9. The van der Waals surface area contributed by atoms with Gasteiger partial charge in [0.05, 0.1) is 24.4 Å². The highest BCUT2D eigenvalue weighted by molar-refractivity contribution is 5.85. The van der Waals surface area contributed by atoms with Crippen LogP contribution in [0.25, 0.3) is 22.2 Å². The number of unbranched alkanes of at least 4 members (excludes halogenated alkanes) is 2. The van der Waals surface area contributed by atoms with Crippen molar-refractivity contribution in [2.75, 3.05) is 26.7 Å². The summed E-state index contributed by atoms with van der Waals surface area (Å²) in [6.07, 6.45) is 9.43. The summed E-state index contributed by atoms with van der Waals surface area (Å²) >= 11 is 0. The number of aromatic nitrogens is 2. The molecule has 8 nitrogen and oxygen atoms in total. The van der Waals surface area contributed by atoms with E-state index in [4.69, 9.17) is 9.15 Å². The third-order valence-corrected chi connectivity index (χ3v) is 8.93. The van der Waals surface area contributed by atoms with Crippen LogP contribution in [0.2, 0.25) is 0 Å². The molecule has 1 saturated heterocycles. The number of rotatable bonds is 13. The lowest BCUT2D eigenvalue weighted by Crippen LogP contribution is -2.37. The van der Waals surface area contributed by atoms with Crippen molar-refractivity contribution in [2.45, 2.75) is 77.7 Å². The molecule has 40 heavy (non-hydrogen) atoms. The molecule has 1 aromatic carbocycles. The first-order chi connectivity index (χ1) is 19.5. The standard InChI is InChI=1S/C32H42N4O4/c1-4-23(37)12-7-6-8-14-27(34-29(38)25-20-32(25)15-17-36(5-2)18-16-32)31-33-21-28(40-31)24-19-22-11-9-10-13-26(22)35-30(24)39-3/h9-11,13,19,21,25,27H,4-8,12,14-18,20H2,1-3H3,(H,34,38)/t25-,27+/m1/s1. The largest absolute Gasteiger partial charge is 0.480 e. The number of amides is 1. The van der Waals surface area contributed by atoms with Gasteiger partial charge in [0.2, 0.25) is 17.7 Å². The summed E-state index contributed by atoms with van der Waals surface area (Å²) in [6.45, 7) is 7.33. The molecule has 0 radical (unpaired) electrons. The number of pyridine rings is 1. The van der Waals surface area contributed by atoms with Crippen LogP contribution in [0.1, 0.15) is 83.6 Å². The van der Waals surface area contributed by atoms with Gasteiger partial charge in [-0.1, -0.05) is 44.9 Å². The molecule has 0 unspecified atom stereocenters. The number of ketones is 1. The van der Waals surface area contributed by atoms with Crippen LogP contribution in [-0.2, 0) is 9.59 Å². The van der Waals surface area contributed by atoms with Crippen LogP contribution in [-0.4, -0.2) is 53.3 Å². The van der Waals surface area contributed by atoms with E-state index in [-0.39, 0.29) is 23.3 Å². The SMILES string of the molecule is CCC(=O)CCCCC[C@H](NC(=O)[C@H]1CC12CCN(CC)CC2)c1ncc(-c2cc3ccccc3nc2OC)o1. The predicted octanol–water partition coefficient (Wildman–Crippen LogP) is 6.11. The Bertz CT molecular complexity index is 1330. The first kappa shape index (κ1) is 28.3. The van der Waals surface area contributed by atoms with E-state index in [1.807, 2.05) is 37.3 Å². The van der Waals surface area contributed by atoms with Crippen molar-refractivity contribution in [3.05, 3.63) is 42.4 Å². The van der Waals surface area contributed by atoms with Crippen molar-refractivity contribution >= 4 is 22.6 Å². The van der Waals surface area contributed by atoms with E-state index in [9.17, 15) is 9.59 Å². The van der Waals surface area contributed by atoms with E-state index in [1.54, 1.807) is 13.3 Å². The monoisotopic (exact) mass is 546 g/mol. The number of hydrogen-bond acceptors (Lipinski definition) is 7. The van der Waals surface area contributed by atoms with Gasteiger partial charge >= 0.3 is 0 Å². The molecule has 1 spiro atoms. The highest BCUT2D eigenvalue weighted by Crippen LogP contribution is 2.59. The van der Waals surface area contributed by atoms with Gasteiger partial charge in [0.15, 0.2) is 5.76 Å². The van der Waals surface area contributed by atoms with Crippen LogP contribution in [0.5, 0.6) is 5.88 Å². The number of fused-ring (bicyclic) bond motifs is 1. The number of nitrogens with one attached hydrogen (secondary N) is 1. The van der Waals surface area contributed by atoms with Crippen LogP contribution >= 0.6 is 0 Å². The van der Waals surface area contributed by atoms with Gasteiger partial charge in [0.1, 0.15) is 11.8 Å². The normalized spacial score (nSPS) is 19.0. The van der Waals surface area contributed by atoms with Crippen molar-refractivity contribution in [1.29, 1.82) is 0 Å². The fourth-order valence-electron chi connectivity index (χ4n) is 6.14. The number of para-hydroxylation sites is 1. The Kier molecular flexibility index (Phi) is 8.84. The van der Waals surface area contributed by atoms with E-state index < -0.39 is 0 Å². The Morgan fingerprint density at radius 1 is 1.18 bits per heavy atom. The smallest absolute Gasteiger partial charge is 0.224 e. The zero-order valence-electron chi connectivity index (χ0n) is 24.1. The number of likely N-dealkylation sites (tertiary alicyclic amines) is 1. The number of Topliss-reactive ketones (excluding diaryl/α,β-unsaturated/α-hetero) is 1. The third-order valence-electron chi connectivity index (χ3n) is 8.93. The molecule has 1 aliphatic heterocycles. The highest BCUT2D eigenvalue weighted by atomic mass is 16.5. The third kappa shape index (κ3) is 6.22. The summed E-state index contributed by atoms with van der Waals surface area (Å²) in [4.78, 5) is 36.9. The highest BCUT2D eigenvalue weighted by Gasteiger charge is 2.58. The summed E-state index contributed by atoms with van der Waals surface area (Å²) in [5.74, 6) is 2.01. The maximum Gasteiger partial charge on any atom is 0.224 e. The number of methoxy groups -OCH3 is 1. The second-order valence-electron chi connectivity index (χ2n) is 11.4. The lowest BCUT2D eigenvalue weighted by Gasteiger charge is -2.32. The Hall–Kier alpha value is -3.26. The number of benzene rings is 1. The van der Waals surface area contributed by atoms with E-state index in [1.165, 1.54) is 0 Å². The first-order valence-electron chi connectivity index (χ1n) is 14.9. The Morgan fingerprint density at radius 2 is 1.98 bits per heavy atom. The van der Waals surface area contributed by atoms with Crippen LogP contribution in [0.4, 0.5) is 0 Å². The van der Waals surface area contributed by atoms with Gasteiger partial charge in [-0.15, -0.1) is 0 Å². The molecular weight excluding hydrogens is 504 g/mol. The van der Waals surface area contributed by atoms with Crippen molar-refractivity contribution in [2.24, 2.45) is 11.3 Å². The van der Waals surface area contributed by atoms with Gasteiger partial charge in [-0.25, -0.2) is 9.97 Å². The van der Waals surface area contributed by atoms with E-state index >= 15 is 0 Å². The lowest BCUT2D eigenvalue weighted by molar-refractivity contribution is -0.124. The van der Waals surface area contributed by atoms with Gasteiger partial charge in [-0.05, 0) is 69.3 Å². The molecule has 1 N–H and O–H groups in total. The molecule has 8 heteroatoms. The quantitative estimate of drug-likeness (QED) is 0.258. The second kappa shape index (κ2) is 12.5. The molecule has 3 aromatic rings. The Balaban J connectivity index is 1.31. The number of hydrogen-bond donors (Lipinski definition) is 1. The summed E-state index contributed by atoms with van der Waals surface area (Å²) in [7, 11) is 1.60. The molecule has 3 heterocycles. The summed E-state index contributed by atoms with van der Waals surface area (Å²) in [6, 6.07) is 9.55. The van der Waals surface area contributed by atoms with Crippen LogP contribution in [0, 0.1) is 11.3 Å². The molecule has 1 aliphatic carbocycles. The zero-order chi connectivity index (χ0) is 28.1. The molecule has 1 saturated carbocycles. The van der Waals surface area contributed by atoms with Gasteiger partial charge in [0.25, 0.3) is 0 Å². The minimum Gasteiger partial charge on any atom is -0.480 e. The maximum absolute atomic E-state index is 13.5. The molecular formula is C32H42N4O4. The van der Waals surface area contributed by atoms with Crippen LogP contribution in [0.3, 0.4) is 0 Å². The predicted molar refractivity (Wildman–Crippen MR) is 155 cm³/mol. The molecule has 2 atom stereocenters. The lowest BCUT2D eigenvalue weighted by atomic mass is 9.90. The number of carbonyl (C=O) groups is 2. The van der Waals surface area contributed by atoms with E-state index in [2.05, 4.69) is 27.1 Å². The number of nitrogens with zero attached hydrogens (tertiary/aromatic N) is 3. The average molecular weight is 547 g/mol. The van der Waals surface area contributed by atoms with Gasteiger partial charge in [-0.3, -0.25) is 9.59 Å². The first-order valence-corrected chi connectivity index (χ1v) is 14.9. The zero-order valence-corrected chi connectivity index (χ0v) is 24.1. The number of piperidine rings is 1. The maximum atomic E-state index is 13.5. The van der Waals surface area contributed by atoms with Crippen molar-refractivity contribution in [3.8, 4) is 17.2 Å².